The first-order chi connectivity index (χ1) is 7.30. The predicted molar refractivity (Wildman–Crippen MR) is 66.0 cm³/mol. The number of halogens is 3. The molecule has 0 spiro atoms. The lowest BCUT2D eigenvalue weighted by molar-refractivity contribution is -0.115. The highest BCUT2D eigenvalue weighted by molar-refractivity contribution is 6.76. The topological polar surface area (TPSA) is 49.3 Å². The summed E-state index contributed by atoms with van der Waals surface area (Å²) in [6.45, 7) is 1.65. The molecule has 0 aliphatic carbocycles. The number of carbonyl (C=O) groups is 1. The van der Waals surface area contributed by atoms with Gasteiger partial charge in [-0.1, -0.05) is 46.9 Å². The lowest BCUT2D eigenvalue weighted by Crippen LogP contribution is -2.26. The highest BCUT2D eigenvalue weighted by Crippen LogP contribution is 2.27. The summed E-state index contributed by atoms with van der Waals surface area (Å²) in [5, 5.41) is 11.7. The molecule has 0 saturated carbocycles. The SMILES string of the molecule is C[C@@H](O)c1ccc(NC(=O)C(Cl)(Cl)Cl)cc1. The van der Waals surface area contributed by atoms with E-state index in [1.54, 1.807) is 31.2 Å². The van der Waals surface area contributed by atoms with Crippen LogP contribution in [0.25, 0.3) is 0 Å². The van der Waals surface area contributed by atoms with Gasteiger partial charge in [0.25, 0.3) is 9.70 Å². The van der Waals surface area contributed by atoms with Crippen molar-refractivity contribution in [3.63, 3.8) is 0 Å². The normalized spacial score (nSPS) is 13.3. The summed E-state index contributed by atoms with van der Waals surface area (Å²) < 4.78 is -1.98. The van der Waals surface area contributed by atoms with Gasteiger partial charge in [-0.2, -0.15) is 0 Å². The number of anilines is 1. The zero-order valence-electron chi connectivity index (χ0n) is 8.38. The van der Waals surface area contributed by atoms with Gasteiger partial charge in [0, 0.05) is 5.69 Å². The average Bonchev–Trinajstić information content (AvgIpc) is 2.17. The minimum Gasteiger partial charge on any atom is -0.389 e. The summed E-state index contributed by atoms with van der Waals surface area (Å²) in [4.78, 5) is 11.3. The second kappa shape index (κ2) is 5.23. The number of aliphatic hydroxyl groups is 1. The smallest absolute Gasteiger partial charge is 0.276 e. The highest BCUT2D eigenvalue weighted by Gasteiger charge is 2.30. The number of aliphatic hydroxyl groups excluding tert-OH is 1. The molecule has 1 amide bonds. The quantitative estimate of drug-likeness (QED) is 0.819. The van der Waals surface area contributed by atoms with Gasteiger partial charge in [-0.25, -0.2) is 0 Å². The van der Waals surface area contributed by atoms with Crippen LogP contribution in [0.1, 0.15) is 18.6 Å². The Morgan fingerprint density at radius 2 is 1.81 bits per heavy atom. The summed E-state index contributed by atoms with van der Waals surface area (Å²) >= 11 is 16.2. The molecular formula is C10H10Cl3NO2. The van der Waals surface area contributed by atoms with E-state index in [4.69, 9.17) is 34.8 Å². The van der Waals surface area contributed by atoms with Crippen molar-refractivity contribution in [2.75, 3.05) is 5.32 Å². The molecule has 0 heterocycles. The van der Waals surface area contributed by atoms with Crippen molar-refractivity contribution >= 4 is 46.4 Å². The van der Waals surface area contributed by atoms with Crippen molar-refractivity contribution in [2.45, 2.75) is 16.8 Å². The summed E-state index contributed by atoms with van der Waals surface area (Å²) in [7, 11) is 0. The van der Waals surface area contributed by atoms with E-state index in [0.29, 0.717) is 5.69 Å². The molecule has 1 rings (SSSR count). The van der Waals surface area contributed by atoms with Crippen LogP contribution in [0.2, 0.25) is 0 Å². The zero-order chi connectivity index (χ0) is 12.3. The van der Waals surface area contributed by atoms with Crippen LogP contribution in [-0.2, 0) is 4.79 Å². The molecule has 6 heteroatoms. The second-order valence-electron chi connectivity index (χ2n) is 3.25. The van der Waals surface area contributed by atoms with Crippen LogP contribution in [0.15, 0.2) is 24.3 Å². The van der Waals surface area contributed by atoms with Crippen molar-refractivity contribution in [1.82, 2.24) is 0 Å². The molecule has 0 aliphatic heterocycles. The standard InChI is InChI=1S/C10H10Cl3NO2/c1-6(15)7-2-4-8(5-3-7)14-9(16)10(11,12)13/h2-6,15H,1H3,(H,14,16)/t6-/m1/s1. The molecule has 1 aromatic carbocycles. The third-order valence-corrected chi connectivity index (χ3v) is 2.42. The summed E-state index contributed by atoms with van der Waals surface area (Å²) in [5.41, 5.74) is 1.24. The van der Waals surface area contributed by atoms with Crippen molar-refractivity contribution in [2.24, 2.45) is 0 Å². The fourth-order valence-corrected chi connectivity index (χ4v) is 1.19. The van der Waals surface area contributed by atoms with Crippen LogP contribution in [0.3, 0.4) is 0 Å². The van der Waals surface area contributed by atoms with E-state index in [-0.39, 0.29) is 0 Å². The third-order valence-electron chi connectivity index (χ3n) is 1.91. The van der Waals surface area contributed by atoms with Crippen molar-refractivity contribution in [3.8, 4) is 0 Å². The molecule has 88 valence electrons. The Bertz CT molecular complexity index is 371. The van der Waals surface area contributed by atoms with Crippen LogP contribution >= 0.6 is 34.8 Å². The Morgan fingerprint density at radius 3 is 2.19 bits per heavy atom. The Balaban J connectivity index is 2.73. The minimum atomic E-state index is -1.98. The second-order valence-corrected chi connectivity index (χ2v) is 5.53. The first-order valence-electron chi connectivity index (χ1n) is 4.47. The Hall–Kier alpha value is -0.480. The van der Waals surface area contributed by atoms with Gasteiger partial charge in [0.1, 0.15) is 0 Å². The summed E-state index contributed by atoms with van der Waals surface area (Å²) in [5.74, 6) is -0.720. The minimum absolute atomic E-state index is 0.501. The molecular weight excluding hydrogens is 272 g/mol. The van der Waals surface area contributed by atoms with E-state index in [2.05, 4.69) is 5.32 Å². The number of rotatable bonds is 2. The van der Waals surface area contributed by atoms with E-state index in [0.717, 1.165) is 5.56 Å². The largest absolute Gasteiger partial charge is 0.389 e. The number of amides is 1. The molecule has 0 unspecified atom stereocenters. The maximum absolute atomic E-state index is 11.3. The summed E-state index contributed by atoms with van der Waals surface area (Å²) in [6.07, 6.45) is -0.557. The van der Waals surface area contributed by atoms with Crippen LogP contribution in [0.5, 0.6) is 0 Å². The van der Waals surface area contributed by atoms with Gasteiger partial charge < -0.3 is 10.4 Å². The van der Waals surface area contributed by atoms with Gasteiger partial charge in [0.05, 0.1) is 6.10 Å². The molecule has 0 aromatic heterocycles. The summed E-state index contributed by atoms with van der Waals surface area (Å²) in [6, 6.07) is 6.60. The maximum Gasteiger partial charge on any atom is 0.276 e. The fourth-order valence-electron chi connectivity index (χ4n) is 1.05. The molecule has 1 aromatic rings. The fraction of sp³-hybridized carbons (Fsp3) is 0.300. The molecule has 0 saturated heterocycles. The molecule has 0 fully saturated rings. The van der Waals surface area contributed by atoms with Crippen LogP contribution in [0.4, 0.5) is 5.69 Å². The molecule has 16 heavy (non-hydrogen) atoms. The van der Waals surface area contributed by atoms with Gasteiger partial charge in [0.15, 0.2) is 0 Å². The lowest BCUT2D eigenvalue weighted by atomic mass is 10.1. The maximum atomic E-state index is 11.3. The molecule has 0 bridgehead atoms. The van der Waals surface area contributed by atoms with Crippen molar-refractivity contribution in [3.05, 3.63) is 29.8 Å². The van der Waals surface area contributed by atoms with E-state index in [9.17, 15) is 9.90 Å². The van der Waals surface area contributed by atoms with E-state index >= 15 is 0 Å². The van der Waals surface area contributed by atoms with Gasteiger partial charge in [-0.3, -0.25) is 4.79 Å². The van der Waals surface area contributed by atoms with E-state index in [1.807, 2.05) is 0 Å². The Morgan fingerprint density at radius 1 is 1.31 bits per heavy atom. The number of carbonyl (C=O) groups excluding carboxylic acids is 1. The molecule has 2 N–H and O–H groups in total. The molecule has 0 radical (unpaired) electrons. The average molecular weight is 283 g/mol. The Kier molecular flexibility index (Phi) is 4.44. The molecule has 1 atom stereocenters. The first-order valence-corrected chi connectivity index (χ1v) is 5.60. The molecule has 0 aliphatic rings. The van der Waals surface area contributed by atoms with Crippen LogP contribution < -0.4 is 5.32 Å². The van der Waals surface area contributed by atoms with E-state index < -0.39 is 15.8 Å². The third kappa shape index (κ3) is 3.83. The van der Waals surface area contributed by atoms with E-state index in [1.165, 1.54) is 0 Å². The van der Waals surface area contributed by atoms with Gasteiger partial charge >= 0.3 is 0 Å². The predicted octanol–water partition coefficient (Wildman–Crippen LogP) is 3.05. The number of alkyl halides is 3. The number of nitrogens with one attached hydrogen (secondary N) is 1. The van der Waals surface area contributed by atoms with Crippen molar-refractivity contribution in [1.29, 1.82) is 0 Å². The van der Waals surface area contributed by atoms with Crippen molar-refractivity contribution < 1.29 is 9.90 Å². The first kappa shape index (κ1) is 13.6. The molecule has 3 nitrogen and oxygen atoms in total. The van der Waals surface area contributed by atoms with Crippen LogP contribution in [-0.4, -0.2) is 14.8 Å². The van der Waals surface area contributed by atoms with Gasteiger partial charge in [0.2, 0.25) is 0 Å². The number of hydrogen-bond donors (Lipinski definition) is 2. The van der Waals surface area contributed by atoms with Gasteiger partial charge in [-0.05, 0) is 24.6 Å². The Labute approximate surface area is 108 Å². The lowest BCUT2D eigenvalue weighted by Gasteiger charge is -2.12. The number of hydrogen-bond acceptors (Lipinski definition) is 2. The monoisotopic (exact) mass is 281 g/mol. The zero-order valence-corrected chi connectivity index (χ0v) is 10.6. The number of benzene rings is 1. The highest BCUT2D eigenvalue weighted by atomic mass is 35.6. The van der Waals surface area contributed by atoms with Crippen LogP contribution in [0, 0.1) is 0 Å². The van der Waals surface area contributed by atoms with Gasteiger partial charge in [-0.15, -0.1) is 0 Å².